The van der Waals surface area contributed by atoms with E-state index in [1.807, 2.05) is 20.8 Å². The highest BCUT2D eigenvalue weighted by molar-refractivity contribution is 6.75. The van der Waals surface area contributed by atoms with Gasteiger partial charge in [0.05, 0.1) is 0 Å². The summed E-state index contributed by atoms with van der Waals surface area (Å²) in [4.78, 5) is 23.7. The Bertz CT molecular complexity index is 338. The highest BCUT2D eigenvalue weighted by Crippen LogP contribution is 2.37. The van der Waals surface area contributed by atoms with Gasteiger partial charge in [-0.3, -0.25) is 9.59 Å². The van der Waals surface area contributed by atoms with Crippen LogP contribution in [-0.4, -0.2) is 20.1 Å². The second-order valence-corrected chi connectivity index (χ2v) is 12.1. The zero-order valence-corrected chi connectivity index (χ0v) is 14.8. The van der Waals surface area contributed by atoms with Crippen LogP contribution in [-0.2, 0) is 14.0 Å². The number of Topliss-reactive ketones (excluding diaryl/α,β-unsaturated/α-hetero) is 1. The molecule has 0 rings (SSSR count). The molecule has 0 radical (unpaired) electrons. The number of hydrogen-bond acceptors (Lipinski definition) is 3. The van der Waals surface area contributed by atoms with Gasteiger partial charge in [-0.1, -0.05) is 41.5 Å². The summed E-state index contributed by atoms with van der Waals surface area (Å²) in [5, 5.41) is 0.0252. The van der Waals surface area contributed by atoms with Gasteiger partial charge in [0, 0.05) is 18.3 Å². The summed E-state index contributed by atoms with van der Waals surface area (Å²) in [5.74, 6) is 0.0381. The van der Waals surface area contributed by atoms with Crippen molar-refractivity contribution in [3.8, 4) is 0 Å². The van der Waals surface area contributed by atoms with Gasteiger partial charge >= 0.3 is 0 Å². The molecule has 0 aliphatic carbocycles. The zero-order chi connectivity index (χ0) is 15.5. The molecule has 0 aromatic carbocycles. The van der Waals surface area contributed by atoms with Crippen molar-refractivity contribution in [2.45, 2.75) is 78.9 Å². The molecule has 0 bridgehead atoms. The molecule has 4 heteroatoms. The summed E-state index contributed by atoms with van der Waals surface area (Å²) in [7, 11) is -2.03. The van der Waals surface area contributed by atoms with Crippen LogP contribution in [0.4, 0.5) is 0 Å². The lowest BCUT2D eigenvalue weighted by molar-refractivity contribution is -0.136. The first-order valence-corrected chi connectivity index (χ1v) is 9.99. The van der Waals surface area contributed by atoms with Gasteiger partial charge in [0.1, 0.15) is 5.78 Å². The molecule has 0 saturated heterocycles. The maximum atomic E-state index is 12.0. The third-order valence-electron chi connectivity index (χ3n) is 4.21. The van der Waals surface area contributed by atoms with Gasteiger partial charge in [0.2, 0.25) is 0 Å². The van der Waals surface area contributed by atoms with Gasteiger partial charge in [-0.05, 0) is 24.6 Å². The molecule has 0 amide bonds. The fraction of sp³-hybridized carbons (Fsp3) is 0.867. The van der Waals surface area contributed by atoms with Crippen molar-refractivity contribution in [3.63, 3.8) is 0 Å². The Morgan fingerprint density at radius 1 is 1.05 bits per heavy atom. The van der Waals surface area contributed by atoms with Crippen molar-refractivity contribution in [2.75, 3.05) is 0 Å². The van der Waals surface area contributed by atoms with Crippen molar-refractivity contribution < 1.29 is 14.0 Å². The van der Waals surface area contributed by atoms with Crippen LogP contribution in [0.1, 0.15) is 60.8 Å². The summed E-state index contributed by atoms with van der Waals surface area (Å²) in [6, 6.07) is 0. The number of ketones is 1. The number of carbonyl (C=O) groups excluding carboxylic acids is 2. The first kappa shape index (κ1) is 18.4. The van der Waals surface area contributed by atoms with E-state index in [-0.39, 0.29) is 16.8 Å². The highest BCUT2D eigenvalue weighted by atomic mass is 28.4. The van der Waals surface area contributed by atoms with E-state index in [0.717, 1.165) is 0 Å². The minimum Gasteiger partial charge on any atom is -0.519 e. The summed E-state index contributed by atoms with van der Waals surface area (Å²) in [6.45, 7) is 16.1. The second kappa shape index (κ2) is 6.20. The van der Waals surface area contributed by atoms with Crippen LogP contribution in [0, 0.1) is 5.41 Å². The molecular formula is C15H30O3Si. The van der Waals surface area contributed by atoms with Gasteiger partial charge < -0.3 is 4.43 Å². The third-order valence-corrected chi connectivity index (χ3v) is 8.56. The topological polar surface area (TPSA) is 43.4 Å². The fourth-order valence-electron chi connectivity index (χ4n) is 1.52. The molecule has 3 nitrogen and oxygen atoms in total. The molecule has 0 aromatic rings. The number of rotatable bonds is 6. The van der Waals surface area contributed by atoms with Crippen LogP contribution >= 0.6 is 0 Å². The average Bonchev–Trinajstić information content (AvgIpc) is 2.23. The molecular weight excluding hydrogens is 256 g/mol. The zero-order valence-electron chi connectivity index (χ0n) is 13.8. The number of hydrogen-bond donors (Lipinski definition) is 0. The number of carbonyl (C=O) groups is 2. The van der Waals surface area contributed by atoms with E-state index in [0.29, 0.717) is 19.3 Å². The first-order chi connectivity index (χ1) is 8.33. The van der Waals surface area contributed by atoms with Gasteiger partial charge in [-0.25, -0.2) is 0 Å². The van der Waals surface area contributed by atoms with E-state index >= 15 is 0 Å². The van der Waals surface area contributed by atoms with Crippen molar-refractivity contribution in [2.24, 2.45) is 5.41 Å². The normalized spacial score (nSPS) is 13.3. The minimum absolute atomic E-state index is 0.0252. The van der Waals surface area contributed by atoms with Crippen LogP contribution in [0.3, 0.4) is 0 Å². The van der Waals surface area contributed by atoms with E-state index in [9.17, 15) is 9.59 Å². The summed E-state index contributed by atoms with van der Waals surface area (Å²) in [6.07, 6.45) is 1.41. The van der Waals surface area contributed by atoms with Crippen molar-refractivity contribution in [1.82, 2.24) is 0 Å². The van der Waals surface area contributed by atoms with Crippen molar-refractivity contribution in [1.29, 1.82) is 0 Å². The third kappa shape index (κ3) is 5.47. The van der Waals surface area contributed by atoms with Gasteiger partial charge in [-0.2, -0.15) is 0 Å². The molecule has 0 atom stereocenters. The Hall–Kier alpha value is -0.643. The molecule has 0 spiro atoms. The van der Waals surface area contributed by atoms with Crippen molar-refractivity contribution in [3.05, 3.63) is 0 Å². The standard InChI is InChI=1S/C15H30O3Si/c1-9-12(16)15(5,6)11-10-13(17)18-19(7,8)14(2,3)4/h9-11H2,1-8H3. The van der Waals surface area contributed by atoms with E-state index in [2.05, 4.69) is 33.9 Å². The Labute approximate surface area is 119 Å². The van der Waals surface area contributed by atoms with Crippen molar-refractivity contribution >= 4 is 20.1 Å². The largest absolute Gasteiger partial charge is 0.519 e. The highest BCUT2D eigenvalue weighted by Gasteiger charge is 2.40. The molecule has 112 valence electrons. The summed E-state index contributed by atoms with van der Waals surface area (Å²) in [5.41, 5.74) is -0.429. The van der Waals surface area contributed by atoms with Crippen LogP contribution in [0.2, 0.25) is 18.1 Å². The van der Waals surface area contributed by atoms with Crippen LogP contribution in [0.5, 0.6) is 0 Å². The van der Waals surface area contributed by atoms with Gasteiger partial charge in [0.25, 0.3) is 14.3 Å². The molecule has 0 aliphatic heterocycles. The Morgan fingerprint density at radius 2 is 1.53 bits per heavy atom. The van der Waals surface area contributed by atoms with Gasteiger partial charge in [0.15, 0.2) is 0 Å². The monoisotopic (exact) mass is 286 g/mol. The Morgan fingerprint density at radius 3 is 1.89 bits per heavy atom. The molecule has 0 N–H and O–H groups in total. The van der Waals surface area contributed by atoms with E-state index < -0.39 is 13.7 Å². The minimum atomic E-state index is -2.03. The van der Waals surface area contributed by atoms with E-state index in [1.54, 1.807) is 0 Å². The Balaban J connectivity index is 4.47. The van der Waals surface area contributed by atoms with E-state index in [1.165, 1.54) is 0 Å². The fourth-order valence-corrected chi connectivity index (χ4v) is 2.50. The molecule has 0 unspecified atom stereocenters. The maximum Gasteiger partial charge on any atom is 0.292 e. The van der Waals surface area contributed by atoms with Crippen LogP contribution in [0.15, 0.2) is 0 Å². The maximum absolute atomic E-state index is 12.0. The lowest BCUT2D eigenvalue weighted by atomic mass is 9.82. The summed E-state index contributed by atoms with van der Waals surface area (Å²) >= 11 is 0. The lowest BCUT2D eigenvalue weighted by Crippen LogP contribution is -2.42. The SMILES string of the molecule is CCC(=O)C(C)(C)CCC(=O)O[Si](C)(C)C(C)(C)C. The van der Waals surface area contributed by atoms with Crippen LogP contribution < -0.4 is 0 Å². The van der Waals surface area contributed by atoms with Gasteiger partial charge in [-0.15, -0.1) is 0 Å². The van der Waals surface area contributed by atoms with Crippen LogP contribution in [0.25, 0.3) is 0 Å². The smallest absolute Gasteiger partial charge is 0.292 e. The molecule has 0 aromatic heterocycles. The average molecular weight is 286 g/mol. The quantitative estimate of drug-likeness (QED) is 0.683. The van der Waals surface area contributed by atoms with E-state index in [4.69, 9.17) is 4.43 Å². The molecule has 0 aliphatic rings. The molecule has 19 heavy (non-hydrogen) atoms. The predicted octanol–water partition coefficient (Wildman–Crippen LogP) is 4.32. The first-order valence-electron chi connectivity index (χ1n) is 7.08. The summed E-state index contributed by atoms with van der Waals surface area (Å²) < 4.78 is 5.70. The molecule has 0 saturated carbocycles. The molecule has 0 fully saturated rings. The lowest BCUT2D eigenvalue weighted by Gasteiger charge is -2.35. The predicted molar refractivity (Wildman–Crippen MR) is 81.6 cm³/mol. The molecule has 0 heterocycles. The second-order valence-electron chi connectivity index (χ2n) is 7.39. The Kier molecular flexibility index (Phi) is 5.99.